The molecule has 1 aliphatic rings. The highest BCUT2D eigenvalue weighted by Gasteiger charge is 2.36. The van der Waals surface area contributed by atoms with Crippen molar-refractivity contribution in [1.82, 2.24) is 0 Å². The number of fused-ring (bicyclic) bond motifs is 1. The second kappa shape index (κ2) is 4.17. The van der Waals surface area contributed by atoms with E-state index in [1.165, 1.54) is 11.1 Å². The van der Waals surface area contributed by atoms with E-state index < -0.39 is 0 Å². The number of benzene rings is 1. The number of aliphatic hydroxyl groups is 2. The molecule has 0 fully saturated rings. The lowest BCUT2D eigenvalue weighted by atomic mass is 9.87. The van der Waals surface area contributed by atoms with Gasteiger partial charge in [-0.3, -0.25) is 0 Å². The van der Waals surface area contributed by atoms with Crippen molar-refractivity contribution in [2.45, 2.75) is 12.8 Å². The van der Waals surface area contributed by atoms with Gasteiger partial charge in [0.15, 0.2) is 0 Å². The summed E-state index contributed by atoms with van der Waals surface area (Å²) in [7, 11) is 0. The first-order valence-corrected chi connectivity index (χ1v) is 6.37. The highest BCUT2D eigenvalue weighted by atomic mass is 79.9. The summed E-state index contributed by atoms with van der Waals surface area (Å²) in [5.74, 6) is 0. The first-order chi connectivity index (χ1) is 7.10. The Bertz CT molecular complexity index is 353. The molecule has 82 valence electrons. The predicted molar refractivity (Wildman–Crippen MR) is 65.9 cm³/mol. The van der Waals surface area contributed by atoms with Gasteiger partial charge in [-0.25, -0.2) is 0 Å². The fraction of sp³-hybridized carbons (Fsp3) is 0.455. The molecule has 0 unspecified atom stereocenters. The van der Waals surface area contributed by atoms with E-state index in [0.717, 1.165) is 21.8 Å². The van der Waals surface area contributed by atoms with E-state index in [4.69, 9.17) is 0 Å². The molecule has 2 nitrogen and oxygen atoms in total. The molecule has 0 heterocycles. The minimum absolute atomic E-state index is 0.0351. The molecule has 1 aromatic rings. The summed E-state index contributed by atoms with van der Waals surface area (Å²) in [6, 6.07) is 4.12. The van der Waals surface area contributed by atoms with Gasteiger partial charge in [0, 0.05) is 14.4 Å². The van der Waals surface area contributed by atoms with Crippen molar-refractivity contribution in [1.29, 1.82) is 0 Å². The summed E-state index contributed by atoms with van der Waals surface area (Å²) in [6.45, 7) is 0.0703. The average molecular weight is 336 g/mol. The van der Waals surface area contributed by atoms with Crippen molar-refractivity contribution >= 4 is 31.9 Å². The van der Waals surface area contributed by atoms with Crippen LogP contribution in [0.1, 0.15) is 11.1 Å². The molecule has 0 radical (unpaired) electrons. The molecule has 0 saturated heterocycles. The maximum absolute atomic E-state index is 9.34. The van der Waals surface area contributed by atoms with Crippen LogP contribution in [0.15, 0.2) is 21.1 Å². The van der Waals surface area contributed by atoms with E-state index in [-0.39, 0.29) is 18.6 Å². The number of rotatable bonds is 2. The number of halogens is 2. The Morgan fingerprint density at radius 3 is 1.73 bits per heavy atom. The second-order valence-corrected chi connectivity index (χ2v) is 5.91. The lowest BCUT2D eigenvalue weighted by molar-refractivity contribution is 0.0634. The third-order valence-corrected chi connectivity index (χ3v) is 4.89. The van der Waals surface area contributed by atoms with Gasteiger partial charge in [-0.1, -0.05) is 0 Å². The first kappa shape index (κ1) is 11.6. The predicted octanol–water partition coefficient (Wildman–Crippen LogP) is 2.28. The molecule has 0 aliphatic heterocycles. The Morgan fingerprint density at radius 2 is 1.40 bits per heavy atom. The van der Waals surface area contributed by atoms with Gasteiger partial charge in [-0.15, -0.1) is 0 Å². The fourth-order valence-electron chi connectivity index (χ4n) is 2.10. The van der Waals surface area contributed by atoms with E-state index in [0.29, 0.717) is 0 Å². The Labute approximate surface area is 106 Å². The van der Waals surface area contributed by atoms with Crippen molar-refractivity contribution in [2.75, 3.05) is 13.2 Å². The van der Waals surface area contributed by atoms with Crippen LogP contribution in [0.5, 0.6) is 0 Å². The zero-order valence-electron chi connectivity index (χ0n) is 8.13. The zero-order valence-corrected chi connectivity index (χ0v) is 11.3. The van der Waals surface area contributed by atoms with Crippen molar-refractivity contribution in [3.63, 3.8) is 0 Å². The van der Waals surface area contributed by atoms with Crippen LogP contribution >= 0.6 is 31.9 Å². The molecule has 0 atom stereocenters. The van der Waals surface area contributed by atoms with Crippen molar-refractivity contribution in [2.24, 2.45) is 5.41 Å². The van der Waals surface area contributed by atoms with Crippen LogP contribution < -0.4 is 0 Å². The molecule has 0 bridgehead atoms. The topological polar surface area (TPSA) is 40.5 Å². The first-order valence-electron chi connectivity index (χ1n) is 4.79. The monoisotopic (exact) mass is 334 g/mol. The lowest BCUT2D eigenvalue weighted by Crippen LogP contribution is -2.30. The molecule has 4 heteroatoms. The van der Waals surface area contributed by atoms with Gasteiger partial charge in [0.05, 0.1) is 13.2 Å². The Balaban J connectivity index is 2.38. The minimum Gasteiger partial charge on any atom is -0.396 e. The molecule has 1 aromatic carbocycles. The van der Waals surface area contributed by atoms with Gasteiger partial charge < -0.3 is 10.2 Å². The van der Waals surface area contributed by atoms with Gasteiger partial charge >= 0.3 is 0 Å². The van der Waals surface area contributed by atoms with Crippen LogP contribution in [-0.2, 0) is 12.8 Å². The smallest absolute Gasteiger partial charge is 0.0515 e. The van der Waals surface area contributed by atoms with Gasteiger partial charge in [0.25, 0.3) is 0 Å². The largest absolute Gasteiger partial charge is 0.396 e. The fourth-order valence-corrected chi connectivity index (χ4v) is 2.88. The van der Waals surface area contributed by atoms with Gasteiger partial charge in [-0.2, -0.15) is 0 Å². The molecule has 15 heavy (non-hydrogen) atoms. The molecule has 2 rings (SSSR count). The van der Waals surface area contributed by atoms with Crippen molar-refractivity contribution in [3.8, 4) is 0 Å². The number of hydrogen-bond acceptors (Lipinski definition) is 2. The second-order valence-electron chi connectivity index (χ2n) is 4.20. The summed E-state index contributed by atoms with van der Waals surface area (Å²) < 4.78 is 2.04. The minimum atomic E-state index is -0.359. The maximum Gasteiger partial charge on any atom is 0.0515 e. The third kappa shape index (κ3) is 2.00. The van der Waals surface area contributed by atoms with Crippen LogP contribution in [0.25, 0.3) is 0 Å². The van der Waals surface area contributed by atoms with Gasteiger partial charge in [-0.05, 0) is 68.0 Å². The highest BCUT2D eigenvalue weighted by Crippen LogP contribution is 2.39. The van der Waals surface area contributed by atoms with Gasteiger partial charge in [0.2, 0.25) is 0 Å². The highest BCUT2D eigenvalue weighted by molar-refractivity contribution is 9.13. The van der Waals surface area contributed by atoms with Gasteiger partial charge in [0.1, 0.15) is 0 Å². The normalized spacial score (nSPS) is 17.9. The molecule has 0 spiro atoms. The lowest BCUT2D eigenvalue weighted by Gasteiger charge is -2.22. The van der Waals surface area contributed by atoms with Crippen LogP contribution in [0.2, 0.25) is 0 Å². The maximum atomic E-state index is 9.34. The molecular formula is C11H12Br2O2. The number of hydrogen-bond donors (Lipinski definition) is 2. The van der Waals surface area contributed by atoms with Crippen molar-refractivity contribution < 1.29 is 10.2 Å². The van der Waals surface area contributed by atoms with Crippen LogP contribution in [0.3, 0.4) is 0 Å². The summed E-state index contributed by atoms with van der Waals surface area (Å²) in [6.07, 6.45) is 1.50. The van der Waals surface area contributed by atoms with E-state index in [2.05, 4.69) is 44.0 Å². The molecule has 0 saturated carbocycles. The Morgan fingerprint density at radius 1 is 1.00 bits per heavy atom. The van der Waals surface area contributed by atoms with E-state index in [9.17, 15) is 10.2 Å². The zero-order chi connectivity index (χ0) is 11.1. The molecule has 1 aliphatic carbocycles. The van der Waals surface area contributed by atoms with Crippen LogP contribution in [0, 0.1) is 5.41 Å². The van der Waals surface area contributed by atoms with Crippen LogP contribution in [-0.4, -0.2) is 23.4 Å². The summed E-state index contributed by atoms with van der Waals surface area (Å²) in [5.41, 5.74) is 2.07. The van der Waals surface area contributed by atoms with E-state index in [1.807, 2.05) is 0 Å². The Hall–Kier alpha value is 0.1000. The standard InChI is InChI=1S/C11H12Br2O2/c12-9-1-7-3-11(5-14,6-15)4-8(7)2-10(9)13/h1-2,14-15H,3-6H2. The summed E-state index contributed by atoms with van der Waals surface area (Å²) in [5, 5.41) is 18.7. The van der Waals surface area contributed by atoms with Crippen molar-refractivity contribution in [3.05, 3.63) is 32.2 Å². The summed E-state index contributed by atoms with van der Waals surface area (Å²) in [4.78, 5) is 0. The third-order valence-electron chi connectivity index (χ3n) is 3.04. The molecule has 0 amide bonds. The SMILES string of the molecule is OCC1(CO)Cc2cc(Br)c(Br)cc2C1. The average Bonchev–Trinajstić information content (AvgIpc) is 2.58. The van der Waals surface area contributed by atoms with E-state index in [1.54, 1.807) is 0 Å². The number of aliphatic hydroxyl groups excluding tert-OH is 2. The quantitative estimate of drug-likeness (QED) is 0.870. The molecule has 2 N–H and O–H groups in total. The van der Waals surface area contributed by atoms with Crippen LogP contribution in [0.4, 0.5) is 0 Å². The summed E-state index contributed by atoms with van der Waals surface area (Å²) >= 11 is 6.92. The molecule has 0 aromatic heterocycles. The Kier molecular flexibility index (Phi) is 3.22. The van der Waals surface area contributed by atoms with E-state index >= 15 is 0 Å². The molecular weight excluding hydrogens is 324 g/mol.